The fourth-order valence-corrected chi connectivity index (χ4v) is 5.14. The fraction of sp³-hybridized carbons (Fsp3) is 0.154. The van der Waals surface area contributed by atoms with Crippen LogP contribution in [0.5, 0.6) is 0 Å². The molecule has 1 unspecified atom stereocenters. The summed E-state index contributed by atoms with van der Waals surface area (Å²) in [5.74, 6) is -1.99. The summed E-state index contributed by atoms with van der Waals surface area (Å²) in [4.78, 5) is 44.4. The highest BCUT2D eigenvalue weighted by Gasteiger charge is 2.34. The highest BCUT2D eigenvalue weighted by molar-refractivity contribution is 7.99. The van der Waals surface area contributed by atoms with E-state index in [-0.39, 0.29) is 35.3 Å². The van der Waals surface area contributed by atoms with Gasteiger partial charge in [0, 0.05) is 13.0 Å². The second-order valence-electron chi connectivity index (χ2n) is 8.17. The quantitative estimate of drug-likeness (QED) is 0.340. The van der Waals surface area contributed by atoms with Gasteiger partial charge in [0.15, 0.2) is 5.16 Å². The molecule has 1 aliphatic heterocycles. The molecule has 0 saturated heterocycles. The van der Waals surface area contributed by atoms with E-state index in [9.17, 15) is 23.9 Å². The van der Waals surface area contributed by atoms with Crippen molar-refractivity contribution in [3.63, 3.8) is 0 Å². The van der Waals surface area contributed by atoms with Crippen molar-refractivity contribution in [1.82, 2.24) is 14.5 Å². The highest BCUT2D eigenvalue weighted by Crippen LogP contribution is 2.26. The number of hydrogen-bond donors (Lipinski definition) is 1. The van der Waals surface area contributed by atoms with Crippen LogP contribution >= 0.6 is 11.8 Å². The maximum atomic E-state index is 13.5. The van der Waals surface area contributed by atoms with E-state index in [1.165, 1.54) is 33.7 Å². The predicted molar refractivity (Wildman–Crippen MR) is 130 cm³/mol. The molecular formula is C26H20FN3O4S. The number of carboxylic acid groups (broad SMARTS) is 1. The number of halogens is 1. The number of carboxylic acids is 1. The van der Waals surface area contributed by atoms with Crippen LogP contribution in [0.3, 0.4) is 0 Å². The van der Waals surface area contributed by atoms with Crippen molar-refractivity contribution < 1.29 is 19.1 Å². The molecule has 1 N–H and O–H groups in total. The maximum absolute atomic E-state index is 13.5. The lowest BCUT2D eigenvalue weighted by atomic mass is 9.94. The molecule has 0 fully saturated rings. The van der Waals surface area contributed by atoms with Gasteiger partial charge in [0.25, 0.3) is 5.56 Å². The monoisotopic (exact) mass is 489 g/mol. The van der Waals surface area contributed by atoms with Crippen molar-refractivity contribution in [3.05, 3.63) is 100 Å². The van der Waals surface area contributed by atoms with Gasteiger partial charge in [0.2, 0.25) is 5.91 Å². The lowest BCUT2D eigenvalue weighted by molar-refractivity contribution is -0.150. The van der Waals surface area contributed by atoms with Gasteiger partial charge in [0.05, 0.1) is 22.3 Å². The van der Waals surface area contributed by atoms with E-state index in [2.05, 4.69) is 4.98 Å². The van der Waals surface area contributed by atoms with Gasteiger partial charge >= 0.3 is 5.97 Å². The summed E-state index contributed by atoms with van der Waals surface area (Å²) in [6.45, 7) is 0.197. The number of benzene rings is 3. The van der Waals surface area contributed by atoms with Crippen LogP contribution in [0.4, 0.5) is 4.39 Å². The normalized spacial score (nSPS) is 15.1. The molecule has 0 saturated carbocycles. The number of fused-ring (bicyclic) bond motifs is 2. The second kappa shape index (κ2) is 9.34. The van der Waals surface area contributed by atoms with Crippen LogP contribution in [-0.2, 0) is 22.6 Å². The third-order valence-corrected chi connectivity index (χ3v) is 6.93. The van der Waals surface area contributed by atoms with E-state index in [0.29, 0.717) is 16.6 Å². The van der Waals surface area contributed by atoms with Crippen molar-refractivity contribution in [3.8, 4) is 5.69 Å². The predicted octanol–water partition coefficient (Wildman–Crippen LogP) is 3.66. The van der Waals surface area contributed by atoms with Gasteiger partial charge in [-0.15, -0.1) is 0 Å². The average Bonchev–Trinajstić information content (AvgIpc) is 2.87. The Morgan fingerprint density at radius 2 is 1.69 bits per heavy atom. The number of carbonyl (C=O) groups excluding carboxylic acids is 1. The Hall–Kier alpha value is -3.98. The minimum absolute atomic E-state index is 0.113. The second-order valence-corrected chi connectivity index (χ2v) is 9.11. The van der Waals surface area contributed by atoms with Crippen molar-refractivity contribution in [2.45, 2.75) is 24.2 Å². The molecule has 5 rings (SSSR count). The van der Waals surface area contributed by atoms with Crippen LogP contribution < -0.4 is 5.56 Å². The number of aromatic nitrogens is 2. The summed E-state index contributed by atoms with van der Waals surface area (Å²) in [7, 11) is 0. The zero-order valence-electron chi connectivity index (χ0n) is 18.4. The molecule has 1 atom stereocenters. The first-order valence-corrected chi connectivity index (χ1v) is 11.9. The summed E-state index contributed by atoms with van der Waals surface area (Å²) >= 11 is 1.05. The van der Waals surface area contributed by atoms with Gasteiger partial charge in [-0.25, -0.2) is 14.2 Å². The summed E-state index contributed by atoms with van der Waals surface area (Å²) in [5, 5.41) is 10.4. The van der Waals surface area contributed by atoms with E-state index in [1.54, 1.807) is 24.3 Å². The van der Waals surface area contributed by atoms with Gasteiger partial charge in [0.1, 0.15) is 11.9 Å². The molecule has 4 aromatic rings. The summed E-state index contributed by atoms with van der Waals surface area (Å²) in [6, 6.07) is 18.8. The number of carbonyl (C=O) groups is 2. The zero-order chi connectivity index (χ0) is 24.5. The Bertz CT molecular complexity index is 1500. The van der Waals surface area contributed by atoms with Gasteiger partial charge in [-0.3, -0.25) is 14.2 Å². The van der Waals surface area contributed by atoms with E-state index in [0.717, 1.165) is 22.9 Å². The minimum atomic E-state index is -1.06. The molecule has 1 aliphatic rings. The molecule has 0 aliphatic carbocycles. The molecule has 0 spiro atoms. The van der Waals surface area contributed by atoms with Gasteiger partial charge in [-0.05, 0) is 47.5 Å². The largest absolute Gasteiger partial charge is 0.480 e. The fourth-order valence-electron chi connectivity index (χ4n) is 4.24. The number of thioether (sulfide) groups is 1. The third kappa shape index (κ3) is 4.42. The molecule has 176 valence electrons. The molecule has 2 heterocycles. The molecule has 0 radical (unpaired) electrons. The molecular weight excluding hydrogens is 469 g/mol. The van der Waals surface area contributed by atoms with E-state index in [1.807, 2.05) is 24.3 Å². The number of aliphatic carboxylic acids is 1. The Balaban J connectivity index is 1.48. The molecule has 3 aromatic carbocycles. The van der Waals surface area contributed by atoms with Crippen molar-refractivity contribution in [2.75, 3.05) is 5.75 Å². The van der Waals surface area contributed by atoms with Gasteiger partial charge in [-0.2, -0.15) is 0 Å². The number of para-hydroxylation sites is 1. The Morgan fingerprint density at radius 1 is 1.00 bits per heavy atom. The number of nitrogens with zero attached hydrogens (tertiary/aromatic N) is 3. The Labute approximate surface area is 203 Å². The number of rotatable bonds is 5. The van der Waals surface area contributed by atoms with Crippen molar-refractivity contribution in [1.29, 1.82) is 0 Å². The first-order chi connectivity index (χ1) is 16.9. The molecule has 7 nitrogen and oxygen atoms in total. The summed E-state index contributed by atoms with van der Waals surface area (Å²) in [6.07, 6.45) is 0.233. The summed E-state index contributed by atoms with van der Waals surface area (Å²) < 4.78 is 14.9. The van der Waals surface area contributed by atoms with E-state index < -0.39 is 17.8 Å². The van der Waals surface area contributed by atoms with Gasteiger partial charge in [-0.1, -0.05) is 48.2 Å². The van der Waals surface area contributed by atoms with Crippen LogP contribution in [0.15, 0.2) is 82.7 Å². The van der Waals surface area contributed by atoms with Crippen LogP contribution in [0.1, 0.15) is 11.1 Å². The van der Waals surface area contributed by atoms with E-state index in [4.69, 9.17) is 0 Å². The van der Waals surface area contributed by atoms with Gasteiger partial charge < -0.3 is 10.0 Å². The first kappa shape index (κ1) is 22.8. The van der Waals surface area contributed by atoms with Crippen molar-refractivity contribution >= 4 is 34.5 Å². The Morgan fingerprint density at radius 3 is 2.43 bits per heavy atom. The topological polar surface area (TPSA) is 92.5 Å². The highest BCUT2D eigenvalue weighted by atomic mass is 32.2. The van der Waals surface area contributed by atoms with Crippen LogP contribution in [0.25, 0.3) is 16.6 Å². The van der Waals surface area contributed by atoms with Crippen LogP contribution in [0, 0.1) is 5.82 Å². The SMILES string of the molecule is O=C(O)C1Cc2ccccc2CN1C(=O)CSc1nc2ccccc2c(=O)n1-c1ccc(F)cc1. The standard InChI is InChI=1S/C26H20FN3O4S/c27-18-9-11-19(12-10-18)30-24(32)20-7-3-4-8-21(20)28-26(30)35-15-23(31)29-14-17-6-2-1-5-16(17)13-22(29)25(33)34/h1-12,22H,13-15H2,(H,33,34). The third-order valence-electron chi connectivity index (χ3n) is 6.01. The van der Waals surface area contributed by atoms with Crippen molar-refractivity contribution in [2.24, 2.45) is 0 Å². The first-order valence-electron chi connectivity index (χ1n) is 10.9. The molecule has 35 heavy (non-hydrogen) atoms. The minimum Gasteiger partial charge on any atom is -0.480 e. The average molecular weight is 490 g/mol. The number of hydrogen-bond acceptors (Lipinski definition) is 5. The van der Waals surface area contributed by atoms with Crippen LogP contribution in [0.2, 0.25) is 0 Å². The molecule has 1 amide bonds. The zero-order valence-corrected chi connectivity index (χ0v) is 19.2. The smallest absolute Gasteiger partial charge is 0.326 e. The van der Waals surface area contributed by atoms with Crippen LogP contribution in [-0.4, -0.2) is 43.2 Å². The lowest BCUT2D eigenvalue weighted by Gasteiger charge is -2.34. The molecule has 1 aromatic heterocycles. The van der Waals surface area contributed by atoms with E-state index >= 15 is 0 Å². The summed E-state index contributed by atoms with van der Waals surface area (Å²) in [5.41, 5.74) is 2.38. The molecule has 0 bridgehead atoms. The lowest BCUT2D eigenvalue weighted by Crippen LogP contribution is -2.49. The number of amides is 1. The maximum Gasteiger partial charge on any atom is 0.326 e. The Kier molecular flexibility index (Phi) is 6.08. The molecule has 9 heteroatoms.